The lowest BCUT2D eigenvalue weighted by atomic mass is 10.0. The topological polar surface area (TPSA) is 108 Å². The molecule has 0 aliphatic carbocycles. The second kappa shape index (κ2) is 17.2. The van der Waals surface area contributed by atoms with E-state index in [1.54, 1.807) is 49.6 Å². The van der Waals surface area contributed by atoms with Crippen LogP contribution in [-0.4, -0.2) is 64.2 Å². The number of hydrogen-bond acceptors (Lipinski definition) is 6. The van der Waals surface area contributed by atoms with Crippen LogP contribution in [0.2, 0.25) is 0 Å². The number of phenolic OH excluding ortho intramolecular Hbond substituents is 1. The lowest BCUT2D eigenvalue weighted by Crippen LogP contribution is -2.53. The van der Waals surface area contributed by atoms with Crippen LogP contribution in [0.1, 0.15) is 98.1 Å². The molecule has 9 heteroatoms. The SMILES string of the molecule is CCCCCCCCN(C(=O)C(CCSC)NC(=O)OC(C)(C)C)C(C(=O)NC(C)C)c1ccc(O)cc1. The summed E-state index contributed by atoms with van der Waals surface area (Å²) < 4.78 is 5.44. The molecule has 0 saturated heterocycles. The van der Waals surface area contributed by atoms with Crippen LogP contribution in [0.15, 0.2) is 24.3 Å². The zero-order valence-corrected chi connectivity index (χ0v) is 25.2. The molecule has 0 heterocycles. The highest BCUT2D eigenvalue weighted by atomic mass is 32.2. The van der Waals surface area contributed by atoms with Crippen LogP contribution in [0.5, 0.6) is 5.75 Å². The number of alkyl carbamates (subject to hydrolysis) is 1. The van der Waals surface area contributed by atoms with E-state index in [0.29, 0.717) is 24.3 Å². The summed E-state index contributed by atoms with van der Waals surface area (Å²) in [6.45, 7) is 11.6. The number of phenols is 1. The van der Waals surface area contributed by atoms with Gasteiger partial charge in [0.05, 0.1) is 0 Å². The van der Waals surface area contributed by atoms with Crippen molar-refractivity contribution in [3.8, 4) is 5.75 Å². The van der Waals surface area contributed by atoms with Gasteiger partial charge in [-0.1, -0.05) is 51.2 Å². The number of carbonyl (C=O) groups excluding carboxylic acids is 3. The van der Waals surface area contributed by atoms with Crippen molar-refractivity contribution in [3.63, 3.8) is 0 Å². The van der Waals surface area contributed by atoms with Gasteiger partial charge in [-0.15, -0.1) is 0 Å². The second-order valence-corrected chi connectivity index (χ2v) is 11.9. The van der Waals surface area contributed by atoms with Gasteiger partial charge in [-0.2, -0.15) is 11.8 Å². The van der Waals surface area contributed by atoms with Gasteiger partial charge in [-0.25, -0.2) is 4.79 Å². The van der Waals surface area contributed by atoms with Crippen molar-refractivity contribution in [2.24, 2.45) is 0 Å². The summed E-state index contributed by atoms with van der Waals surface area (Å²) in [5.41, 5.74) is -0.109. The fraction of sp³-hybridized carbons (Fsp3) is 0.690. The average Bonchev–Trinajstić information content (AvgIpc) is 2.82. The minimum absolute atomic E-state index is 0.0787. The van der Waals surface area contributed by atoms with Gasteiger partial charge in [0, 0.05) is 12.6 Å². The van der Waals surface area contributed by atoms with E-state index in [-0.39, 0.29) is 23.6 Å². The molecule has 0 fully saturated rings. The van der Waals surface area contributed by atoms with Crippen molar-refractivity contribution < 1.29 is 24.2 Å². The number of nitrogens with one attached hydrogen (secondary N) is 2. The van der Waals surface area contributed by atoms with Crippen molar-refractivity contribution >= 4 is 29.7 Å². The van der Waals surface area contributed by atoms with Gasteiger partial charge in [-0.05, 0) is 77.2 Å². The van der Waals surface area contributed by atoms with Crippen molar-refractivity contribution in [3.05, 3.63) is 29.8 Å². The number of benzene rings is 1. The minimum Gasteiger partial charge on any atom is -0.508 e. The van der Waals surface area contributed by atoms with Crippen LogP contribution in [0.4, 0.5) is 4.79 Å². The van der Waals surface area contributed by atoms with E-state index in [9.17, 15) is 19.5 Å². The van der Waals surface area contributed by atoms with Gasteiger partial charge in [0.15, 0.2) is 0 Å². The van der Waals surface area contributed by atoms with Gasteiger partial charge in [0.1, 0.15) is 23.4 Å². The van der Waals surface area contributed by atoms with Gasteiger partial charge in [0.2, 0.25) is 11.8 Å². The highest BCUT2D eigenvalue weighted by Gasteiger charge is 2.36. The molecule has 3 amide bonds. The molecule has 3 N–H and O–H groups in total. The van der Waals surface area contributed by atoms with Gasteiger partial charge in [0.25, 0.3) is 0 Å². The Bertz CT molecular complexity index is 855. The summed E-state index contributed by atoms with van der Waals surface area (Å²) >= 11 is 1.58. The molecule has 1 rings (SSSR count). The van der Waals surface area contributed by atoms with E-state index < -0.39 is 23.8 Å². The number of carbonyl (C=O) groups is 3. The summed E-state index contributed by atoms with van der Waals surface area (Å²) in [6.07, 6.45) is 7.87. The first-order valence-corrected chi connectivity index (χ1v) is 15.2. The number of amides is 3. The van der Waals surface area contributed by atoms with Crippen LogP contribution in [0.25, 0.3) is 0 Å². The van der Waals surface area contributed by atoms with E-state index in [2.05, 4.69) is 17.6 Å². The molecule has 2 unspecified atom stereocenters. The summed E-state index contributed by atoms with van der Waals surface area (Å²) in [7, 11) is 0. The average molecular weight is 552 g/mol. The van der Waals surface area contributed by atoms with E-state index in [1.807, 2.05) is 20.1 Å². The fourth-order valence-electron chi connectivity index (χ4n) is 4.06. The Labute approximate surface area is 233 Å². The van der Waals surface area contributed by atoms with Crippen LogP contribution in [-0.2, 0) is 14.3 Å². The zero-order chi connectivity index (χ0) is 28.7. The molecule has 1 aromatic carbocycles. The predicted octanol–water partition coefficient (Wildman–Crippen LogP) is 5.79. The van der Waals surface area contributed by atoms with Gasteiger partial charge in [-0.3, -0.25) is 9.59 Å². The highest BCUT2D eigenvalue weighted by molar-refractivity contribution is 7.98. The number of hydrogen-bond donors (Lipinski definition) is 3. The Morgan fingerprint density at radius 3 is 2.16 bits per heavy atom. The van der Waals surface area contributed by atoms with Crippen LogP contribution < -0.4 is 10.6 Å². The number of unbranched alkanes of at least 4 members (excludes halogenated alkanes) is 5. The molecular formula is C29H49N3O5S. The molecule has 38 heavy (non-hydrogen) atoms. The summed E-state index contributed by atoms with van der Waals surface area (Å²) in [6, 6.07) is 4.49. The molecule has 0 spiro atoms. The lowest BCUT2D eigenvalue weighted by molar-refractivity contribution is -0.142. The maximum absolute atomic E-state index is 14.1. The molecule has 2 atom stereocenters. The van der Waals surface area contributed by atoms with Gasteiger partial charge >= 0.3 is 6.09 Å². The molecule has 216 valence electrons. The molecular weight excluding hydrogens is 502 g/mol. The molecule has 0 bridgehead atoms. The summed E-state index contributed by atoms with van der Waals surface area (Å²) in [5.74, 6) is 0.107. The molecule has 0 radical (unpaired) electrons. The normalized spacial score (nSPS) is 13.1. The Morgan fingerprint density at radius 2 is 1.61 bits per heavy atom. The number of thioether (sulfide) groups is 1. The first kappa shape index (κ1) is 33.6. The maximum Gasteiger partial charge on any atom is 0.408 e. The zero-order valence-electron chi connectivity index (χ0n) is 24.3. The molecule has 8 nitrogen and oxygen atoms in total. The smallest absolute Gasteiger partial charge is 0.408 e. The first-order valence-electron chi connectivity index (χ1n) is 13.8. The standard InChI is InChI=1S/C29H49N3O5S/c1-8-9-10-11-12-13-19-32(25(26(34)30-21(2)3)22-14-16-23(33)17-15-22)27(35)24(18-20-38-7)31-28(36)37-29(4,5)6/h14-17,21,24-25,33H,8-13,18-20H2,1-7H3,(H,30,34)(H,31,36). The fourth-order valence-corrected chi connectivity index (χ4v) is 4.54. The van der Waals surface area contributed by atoms with Crippen LogP contribution >= 0.6 is 11.8 Å². The predicted molar refractivity (Wildman–Crippen MR) is 155 cm³/mol. The Balaban J connectivity index is 3.37. The quantitative estimate of drug-likeness (QED) is 0.224. The summed E-state index contributed by atoms with van der Waals surface area (Å²) in [5, 5.41) is 15.6. The monoisotopic (exact) mass is 551 g/mol. The number of nitrogens with zero attached hydrogens (tertiary/aromatic N) is 1. The van der Waals surface area contributed by atoms with E-state index in [0.717, 1.165) is 32.1 Å². The Morgan fingerprint density at radius 1 is 1.00 bits per heavy atom. The third-order valence-corrected chi connectivity index (χ3v) is 6.48. The highest BCUT2D eigenvalue weighted by Crippen LogP contribution is 2.26. The molecule has 0 aromatic heterocycles. The van der Waals surface area contributed by atoms with Crippen molar-refractivity contribution in [2.75, 3.05) is 18.6 Å². The number of aromatic hydroxyl groups is 1. The minimum atomic E-state index is -0.904. The molecule has 1 aromatic rings. The third-order valence-electron chi connectivity index (χ3n) is 5.84. The number of ether oxygens (including phenoxy) is 1. The molecule has 0 aliphatic rings. The lowest BCUT2D eigenvalue weighted by Gasteiger charge is -2.35. The molecule has 0 saturated carbocycles. The largest absolute Gasteiger partial charge is 0.508 e. The van der Waals surface area contributed by atoms with Gasteiger partial charge < -0.3 is 25.4 Å². The van der Waals surface area contributed by atoms with Crippen LogP contribution in [0.3, 0.4) is 0 Å². The third kappa shape index (κ3) is 12.9. The molecule has 0 aliphatic heterocycles. The Hall–Kier alpha value is -2.42. The van der Waals surface area contributed by atoms with Crippen molar-refractivity contribution in [1.82, 2.24) is 15.5 Å². The van der Waals surface area contributed by atoms with E-state index >= 15 is 0 Å². The Kier molecular flexibility index (Phi) is 15.2. The maximum atomic E-state index is 14.1. The van der Waals surface area contributed by atoms with Crippen molar-refractivity contribution in [1.29, 1.82) is 0 Å². The second-order valence-electron chi connectivity index (χ2n) is 10.9. The summed E-state index contributed by atoms with van der Waals surface area (Å²) in [4.78, 5) is 41.9. The number of rotatable bonds is 16. The first-order chi connectivity index (χ1) is 17.9. The van der Waals surface area contributed by atoms with Crippen LogP contribution in [0, 0.1) is 0 Å². The van der Waals surface area contributed by atoms with Crippen molar-refractivity contribution in [2.45, 2.75) is 110 Å². The van der Waals surface area contributed by atoms with E-state index in [1.165, 1.54) is 18.6 Å². The van der Waals surface area contributed by atoms with E-state index in [4.69, 9.17) is 4.74 Å².